The monoisotopic (exact) mass is 762 g/mol. The van der Waals surface area contributed by atoms with Crippen LogP contribution in [0.25, 0.3) is 0 Å². The lowest BCUT2D eigenvalue weighted by Crippen LogP contribution is -2.64. The fourth-order valence-corrected chi connectivity index (χ4v) is 10.2. The summed E-state index contributed by atoms with van der Waals surface area (Å²) >= 11 is 1.83. The second-order valence-electron chi connectivity index (χ2n) is 15.2. The van der Waals surface area contributed by atoms with Crippen molar-refractivity contribution in [2.24, 2.45) is 22.9 Å². The molecule has 2 aliphatic carbocycles. The topological polar surface area (TPSA) is 128 Å². The number of aliphatic hydroxyl groups excluding tert-OH is 2. The minimum Gasteiger partial charge on any atom is -0.492 e. The number of hydrogen-bond donors (Lipinski definition) is 2. The lowest BCUT2D eigenvalue weighted by Gasteiger charge is -2.58. The Labute approximate surface area is 324 Å². The highest BCUT2D eigenvalue weighted by molar-refractivity contribution is 8.00. The molecule has 0 amide bonds. The standard InChI is InChI=1S/C42H58N4O7S/c1-2-22-51-42-38(54-25-14-31-29-43-15-16-44-31)28-36(45-53-39-11-5-8-23-50-39)34-26-30(9-3-6-20-47)33(10-4-7-21-48)40(41(34)42)35-27-32(12-13-37(35)52-42)49-24-19-46-17-18-46/h2,12-13,15-16,26-27,29-30,33,38-41,47-48H,1,3-11,14,17-25,28H2/t30-,33+,38-,39?,40+,41+,42+/m0/s1. The second-order valence-corrected chi connectivity index (χ2v) is 16.5. The Bertz CT molecular complexity index is 1570. The average molecular weight is 763 g/mol. The molecule has 1 saturated carbocycles. The van der Waals surface area contributed by atoms with E-state index >= 15 is 0 Å². The first-order valence-corrected chi connectivity index (χ1v) is 21.3. The summed E-state index contributed by atoms with van der Waals surface area (Å²) in [7, 11) is 0. The van der Waals surface area contributed by atoms with Crippen LogP contribution in [0.3, 0.4) is 0 Å². The van der Waals surface area contributed by atoms with Crippen molar-refractivity contribution in [3.8, 4) is 11.5 Å². The Morgan fingerprint density at radius 2 is 1.96 bits per heavy atom. The van der Waals surface area contributed by atoms with Gasteiger partial charge in [-0.3, -0.25) is 14.9 Å². The van der Waals surface area contributed by atoms with Crippen LogP contribution in [0.5, 0.6) is 11.5 Å². The van der Waals surface area contributed by atoms with Crippen LogP contribution in [0.15, 0.2) is 66.2 Å². The molecule has 4 heterocycles. The van der Waals surface area contributed by atoms with Crippen molar-refractivity contribution in [1.29, 1.82) is 0 Å². The molecule has 0 bridgehead atoms. The maximum absolute atomic E-state index is 9.90. The van der Waals surface area contributed by atoms with Gasteiger partial charge in [-0.2, -0.15) is 11.8 Å². The molecule has 54 heavy (non-hydrogen) atoms. The average Bonchev–Trinajstić information content (AvgIpc) is 4.03. The van der Waals surface area contributed by atoms with Gasteiger partial charge in [0.05, 0.1) is 35.8 Å². The van der Waals surface area contributed by atoms with E-state index in [-0.39, 0.29) is 48.4 Å². The molecule has 294 valence electrons. The normalized spacial score (nSPS) is 29.4. The van der Waals surface area contributed by atoms with Crippen LogP contribution in [-0.4, -0.2) is 107 Å². The van der Waals surface area contributed by atoms with Gasteiger partial charge < -0.3 is 34.0 Å². The molecule has 3 aliphatic heterocycles. The Balaban J connectivity index is 1.33. The SMILES string of the molecule is C=CCO[C@@]12Oc3ccc(OCCN4CC4)cc3[C@H]3[C@H](CCCCO)[C@@H](CCCCO)C=C(C(=NOC4CCCCO4)C[C@@H]1SCCc1cnccn1)[C@H]32. The van der Waals surface area contributed by atoms with Crippen LogP contribution in [0.4, 0.5) is 0 Å². The predicted octanol–water partition coefficient (Wildman–Crippen LogP) is 6.31. The number of hydrogen-bond acceptors (Lipinski definition) is 12. The summed E-state index contributed by atoms with van der Waals surface area (Å²) in [5.41, 5.74) is 4.12. The van der Waals surface area contributed by atoms with Gasteiger partial charge in [0.25, 0.3) is 0 Å². The van der Waals surface area contributed by atoms with Gasteiger partial charge in [-0.15, -0.1) is 6.58 Å². The maximum Gasteiger partial charge on any atom is 0.230 e. The van der Waals surface area contributed by atoms with Gasteiger partial charge in [-0.25, -0.2) is 0 Å². The van der Waals surface area contributed by atoms with E-state index in [1.165, 1.54) is 0 Å². The van der Waals surface area contributed by atoms with Gasteiger partial charge >= 0.3 is 0 Å². The van der Waals surface area contributed by atoms with E-state index in [2.05, 4.69) is 39.7 Å². The zero-order valence-electron chi connectivity index (χ0n) is 31.6. The van der Waals surface area contributed by atoms with E-state index < -0.39 is 5.79 Å². The smallest absolute Gasteiger partial charge is 0.230 e. The van der Waals surface area contributed by atoms with Crippen LogP contribution in [0.2, 0.25) is 0 Å². The Morgan fingerprint density at radius 1 is 1.09 bits per heavy atom. The highest BCUT2D eigenvalue weighted by Crippen LogP contribution is 2.62. The molecule has 12 heteroatoms. The van der Waals surface area contributed by atoms with E-state index in [1.54, 1.807) is 12.4 Å². The number of oxime groups is 1. The third-order valence-electron chi connectivity index (χ3n) is 11.5. The van der Waals surface area contributed by atoms with E-state index in [4.69, 9.17) is 28.9 Å². The number of rotatable bonds is 21. The molecule has 1 aromatic heterocycles. The van der Waals surface area contributed by atoms with Crippen molar-refractivity contribution in [3.05, 3.63) is 72.4 Å². The fraction of sp³-hybridized carbons (Fsp3) is 0.643. The van der Waals surface area contributed by atoms with E-state index in [1.807, 2.05) is 30.1 Å². The van der Waals surface area contributed by atoms with Crippen LogP contribution < -0.4 is 9.47 Å². The summed E-state index contributed by atoms with van der Waals surface area (Å²) in [6.45, 7) is 9.23. The zero-order valence-corrected chi connectivity index (χ0v) is 32.4. The van der Waals surface area contributed by atoms with Gasteiger partial charge in [0, 0.05) is 82.2 Å². The molecule has 1 aromatic carbocycles. The van der Waals surface area contributed by atoms with Crippen molar-refractivity contribution in [2.45, 2.75) is 93.9 Å². The molecular formula is C42H58N4O7S. The fourth-order valence-electron chi connectivity index (χ4n) is 8.83. The Hall–Kier alpha value is -3.00. The number of benzene rings is 1. The number of unbranched alkanes of at least 4 members (excludes halogenated alkanes) is 2. The number of aliphatic hydroxyl groups is 2. The summed E-state index contributed by atoms with van der Waals surface area (Å²) in [5.74, 6) is 1.74. The number of aryl methyl sites for hydroxylation is 1. The molecule has 1 unspecified atom stereocenters. The molecule has 0 spiro atoms. The molecular weight excluding hydrogens is 705 g/mol. The first-order chi connectivity index (χ1) is 26.6. The number of allylic oxidation sites excluding steroid dienone is 1. The molecule has 2 saturated heterocycles. The molecule has 0 radical (unpaired) electrons. The quantitative estimate of drug-likeness (QED) is 0.0644. The lowest BCUT2D eigenvalue weighted by atomic mass is 9.56. The van der Waals surface area contributed by atoms with Gasteiger partial charge in [0.2, 0.25) is 12.1 Å². The highest BCUT2D eigenvalue weighted by Gasteiger charge is 2.64. The molecule has 2 N–H and O–H groups in total. The van der Waals surface area contributed by atoms with Gasteiger partial charge in [-0.05, 0) is 79.9 Å². The van der Waals surface area contributed by atoms with E-state index in [0.29, 0.717) is 26.2 Å². The molecule has 5 aliphatic rings. The largest absolute Gasteiger partial charge is 0.492 e. The second kappa shape index (κ2) is 19.2. The van der Waals surface area contributed by atoms with Crippen molar-refractivity contribution in [1.82, 2.24) is 14.9 Å². The lowest BCUT2D eigenvalue weighted by molar-refractivity contribution is -0.223. The summed E-state index contributed by atoms with van der Waals surface area (Å²) in [4.78, 5) is 17.4. The van der Waals surface area contributed by atoms with Crippen molar-refractivity contribution in [3.63, 3.8) is 0 Å². The van der Waals surface area contributed by atoms with E-state index in [9.17, 15) is 10.2 Å². The third kappa shape index (κ3) is 9.33. The molecule has 7 rings (SSSR count). The Morgan fingerprint density at radius 3 is 2.72 bits per heavy atom. The number of aromatic nitrogens is 2. The number of ether oxygens (including phenoxy) is 4. The zero-order chi connectivity index (χ0) is 37.2. The van der Waals surface area contributed by atoms with Gasteiger partial charge in [0.1, 0.15) is 18.1 Å². The summed E-state index contributed by atoms with van der Waals surface area (Å²) in [5, 5.41) is 24.5. The number of nitrogens with zero attached hydrogens (tertiary/aromatic N) is 4. The van der Waals surface area contributed by atoms with Crippen molar-refractivity contribution in [2.75, 3.05) is 58.4 Å². The summed E-state index contributed by atoms with van der Waals surface area (Å²) in [6.07, 6.45) is 18.6. The summed E-state index contributed by atoms with van der Waals surface area (Å²) < 4.78 is 26.7. The number of fused-ring (bicyclic) bond motifs is 2. The predicted molar refractivity (Wildman–Crippen MR) is 210 cm³/mol. The first-order valence-electron chi connectivity index (χ1n) is 20.2. The van der Waals surface area contributed by atoms with Crippen LogP contribution in [0, 0.1) is 17.8 Å². The molecule has 7 atom stereocenters. The minimum atomic E-state index is -1.02. The Kier molecular flexibility index (Phi) is 14.0. The minimum absolute atomic E-state index is 0.0200. The molecule has 11 nitrogen and oxygen atoms in total. The molecule has 2 aromatic rings. The van der Waals surface area contributed by atoms with Crippen molar-refractivity contribution < 1.29 is 34.0 Å². The maximum atomic E-state index is 9.90. The van der Waals surface area contributed by atoms with Crippen LogP contribution in [0.1, 0.15) is 81.4 Å². The van der Waals surface area contributed by atoms with Crippen molar-refractivity contribution >= 4 is 17.5 Å². The van der Waals surface area contributed by atoms with E-state index in [0.717, 1.165) is 124 Å². The van der Waals surface area contributed by atoms with Crippen LogP contribution in [-0.2, 0) is 20.7 Å². The van der Waals surface area contributed by atoms with Gasteiger partial charge in [-0.1, -0.05) is 30.1 Å². The first kappa shape index (κ1) is 39.2. The molecule has 3 fully saturated rings. The summed E-state index contributed by atoms with van der Waals surface area (Å²) in [6, 6.07) is 6.32. The highest BCUT2D eigenvalue weighted by atomic mass is 32.2. The van der Waals surface area contributed by atoms with Crippen LogP contribution >= 0.6 is 11.8 Å². The third-order valence-corrected chi connectivity index (χ3v) is 12.9. The number of thioether (sulfide) groups is 1. The van der Waals surface area contributed by atoms with Gasteiger partial charge in [0.15, 0.2) is 0 Å².